The van der Waals surface area contributed by atoms with Gasteiger partial charge in [0.15, 0.2) is 0 Å². The third kappa shape index (κ3) is 5.52. The van der Waals surface area contributed by atoms with Gasteiger partial charge >= 0.3 is 0 Å². The molecule has 0 spiro atoms. The second-order valence-electron chi connectivity index (χ2n) is 8.82. The van der Waals surface area contributed by atoms with Crippen LogP contribution in [0.3, 0.4) is 0 Å². The number of carbonyl (C=O) groups is 2. The van der Waals surface area contributed by atoms with E-state index < -0.39 is 0 Å². The topological polar surface area (TPSA) is 114 Å². The molecule has 4 rings (SSSR count). The van der Waals surface area contributed by atoms with Gasteiger partial charge in [-0.2, -0.15) is 0 Å². The van der Waals surface area contributed by atoms with Crippen LogP contribution in [-0.2, 0) is 16.1 Å². The van der Waals surface area contributed by atoms with E-state index in [0.717, 1.165) is 44.9 Å². The molecule has 0 unspecified atom stereocenters. The molecule has 1 aliphatic heterocycles. The molecule has 33 heavy (non-hydrogen) atoms. The van der Waals surface area contributed by atoms with Crippen LogP contribution in [0.5, 0.6) is 5.75 Å². The van der Waals surface area contributed by atoms with Gasteiger partial charge in [-0.25, -0.2) is 4.98 Å². The first-order chi connectivity index (χ1) is 16.1. The molecule has 2 N–H and O–H groups in total. The van der Waals surface area contributed by atoms with Gasteiger partial charge in [-0.05, 0) is 44.2 Å². The number of hydrogen-bond donors (Lipinski definition) is 2. The van der Waals surface area contributed by atoms with Crippen LogP contribution < -0.4 is 15.6 Å². The van der Waals surface area contributed by atoms with Crippen molar-refractivity contribution in [3.8, 4) is 5.75 Å². The van der Waals surface area contributed by atoms with E-state index in [0.29, 0.717) is 36.2 Å². The van der Waals surface area contributed by atoms with Crippen molar-refractivity contribution in [2.75, 3.05) is 25.1 Å². The van der Waals surface area contributed by atoms with Gasteiger partial charge in [0, 0.05) is 25.1 Å². The maximum Gasteiger partial charge on any atom is 0.263 e. The minimum Gasteiger partial charge on any atom is -0.494 e. The molecule has 2 aliphatic rings. The molecule has 1 aromatic heterocycles. The van der Waals surface area contributed by atoms with Crippen molar-refractivity contribution >= 4 is 28.7 Å². The Hall–Kier alpha value is -2.94. The molecule has 178 valence electrons. The fourth-order valence-electron chi connectivity index (χ4n) is 4.74. The second kappa shape index (κ2) is 10.8. The molecule has 9 heteroatoms. The number of rotatable bonds is 10. The Bertz CT molecular complexity index is 1060. The molecular weight excluding hydrogens is 424 g/mol. The summed E-state index contributed by atoms with van der Waals surface area (Å²) in [5.74, 6) is 0.778. The number of nitrogens with one attached hydrogen (secondary N) is 1. The predicted octanol–water partition coefficient (Wildman–Crippen LogP) is 2.44. The van der Waals surface area contributed by atoms with Gasteiger partial charge in [-0.1, -0.05) is 19.3 Å². The average Bonchev–Trinajstić information content (AvgIpc) is 3.20. The van der Waals surface area contributed by atoms with Gasteiger partial charge < -0.3 is 14.7 Å². The Morgan fingerprint density at radius 1 is 1.18 bits per heavy atom. The molecule has 1 aliphatic carbocycles. The number of nitrogens with zero attached hydrogens (tertiary/aromatic N) is 3. The highest BCUT2D eigenvalue weighted by Gasteiger charge is 2.24. The van der Waals surface area contributed by atoms with Crippen molar-refractivity contribution < 1.29 is 19.4 Å². The molecule has 2 aromatic rings. The molecule has 0 atom stereocenters. The Labute approximate surface area is 192 Å². The highest BCUT2D eigenvalue weighted by Crippen LogP contribution is 2.24. The second-order valence-corrected chi connectivity index (χ2v) is 8.82. The van der Waals surface area contributed by atoms with E-state index in [1.54, 1.807) is 18.2 Å². The zero-order valence-corrected chi connectivity index (χ0v) is 18.9. The van der Waals surface area contributed by atoms with Crippen LogP contribution in [0.4, 0.5) is 5.95 Å². The van der Waals surface area contributed by atoms with E-state index in [1.807, 2.05) is 4.90 Å². The van der Waals surface area contributed by atoms with Gasteiger partial charge in [0.05, 0.1) is 24.1 Å². The number of ether oxygens (including phenoxy) is 1. The fraction of sp³-hybridized carbons (Fsp3) is 0.583. The lowest BCUT2D eigenvalue weighted by Crippen LogP contribution is -2.43. The van der Waals surface area contributed by atoms with Gasteiger partial charge in [0.1, 0.15) is 12.3 Å². The standard InChI is InChI=1S/C24H32N4O5/c29-13-12-27(17-7-3-1-4-8-17)22(31)9-5-2-6-14-33-18-10-11-19-20(15-18)25-24-26-21(30)16-28(24)23(19)32/h10-11,15,17,29H,1-9,12-14,16H2,(H,25,26,30). The SMILES string of the molecule is O=C1Cn2c(nc3cc(OCCCCCC(=O)N(CCO)C4CCCCC4)ccc3c2=O)N1. The minimum atomic E-state index is -0.247. The van der Waals surface area contributed by atoms with Crippen molar-refractivity contribution in [1.82, 2.24) is 14.5 Å². The minimum absolute atomic E-state index is 0.00369. The average molecular weight is 457 g/mol. The van der Waals surface area contributed by atoms with Crippen LogP contribution in [0, 0.1) is 0 Å². The van der Waals surface area contributed by atoms with Crippen molar-refractivity contribution in [3.63, 3.8) is 0 Å². The zero-order chi connectivity index (χ0) is 23.2. The molecule has 2 amide bonds. The summed E-state index contributed by atoms with van der Waals surface area (Å²) >= 11 is 0. The summed E-state index contributed by atoms with van der Waals surface area (Å²) in [5.41, 5.74) is 0.247. The number of carbonyl (C=O) groups excluding carboxylic acids is 2. The van der Waals surface area contributed by atoms with E-state index in [-0.39, 0.29) is 42.5 Å². The monoisotopic (exact) mass is 456 g/mol. The number of fused-ring (bicyclic) bond motifs is 2. The number of aliphatic hydroxyl groups excluding tert-OH is 1. The van der Waals surface area contributed by atoms with Gasteiger partial charge in [0.25, 0.3) is 5.56 Å². The summed E-state index contributed by atoms with van der Waals surface area (Å²) in [6.45, 7) is 0.942. The zero-order valence-electron chi connectivity index (χ0n) is 18.9. The maximum absolute atomic E-state index is 12.7. The number of amides is 2. The number of aromatic nitrogens is 2. The van der Waals surface area contributed by atoms with Crippen molar-refractivity contribution in [1.29, 1.82) is 0 Å². The molecule has 1 aromatic carbocycles. The van der Waals surface area contributed by atoms with E-state index in [2.05, 4.69) is 10.3 Å². The highest BCUT2D eigenvalue weighted by atomic mass is 16.5. The lowest BCUT2D eigenvalue weighted by Gasteiger charge is -2.34. The van der Waals surface area contributed by atoms with E-state index in [9.17, 15) is 19.5 Å². The first-order valence-electron chi connectivity index (χ1n) is 11.9. The number of anilines is 1. The van der Waals surface area contributed by atoms with Crippen LogP contribution in [0.25, 0.3) is 10.9 Å². The summed E-state index contributed by atoms with van der Waals surface area (Å²) in [5, 5.41) is 12.4. The molecular formula is C24H32N4O5. The summed E-state index contributed by atoms with van der Waals surface area (Å²) in [7, 11) is 0. The predicted molar refractivity (Wildman–Crippen MR) is 124 cm³/mol. The highest BCUT2D eigenvalue weighted by molar-refractivity contribution is 5.94. The Balaban J connectivity index is 1.23. The van der Waals surface area contributed by atoms with Crippen molar-refractivity contribution in [2.45, 2.75) is 70.4 Å². The molecule has 1 fully saturated rings. The summed E-state index contributed by atoms with van der Waals surface area (Å²) < 4.78 is 7.15. The van der Waals surface area contributed by atoms with E-state index in [1.165, 1.54) is 11.0 Å². The lowest BCUT2D eigenvalue weighted by molar-refractivity contribution is -0.135. The Kier molecular flexibility index (Phi) is 7.59. The molecule has 0 radical (unpaired) electrons. The van der Waals surface area contributed by atoms with E-state index in [4.69, 9.17) is 4.74 Å². The third-order valence-corrected chi connectivity index (χ3v) is 6.46. The van der Waals surface area contributed by atoms with Crippen LogP contribution in [0.15, 0.2) is 23.0 Å². The number of benzene rings is 1. The number of aliphatic hydroxyl groups is 1. The first kappa shape index (κ1) is 23.2. The lowest BCUT2D eigenvalue weighted by atomic mass is 9.94. The van der Waals surface area contributed by atoms with Gasteiger partial charge in [-0.15, -0.1) is 0 Å². The first-order valence-corrected chi connectivity index (χ1v) is 11.9. The van der Waals surface area contributed by atoms with Crippen LogP contribution in [-0.4, -0.2) is 57.2 Å². The van der Waals surface area contributed by atoms with Crippen LogP contribution in [0.2, 0.25) is 0 Å². The van der Waals surface area contributed by atoms with Crippen LogP contribution >= 0.6 is 0 Å². The maximum atomic E-state index is 12.7. The summed E-state index contributed by atoms with van der Waals surface area (Å²) in [6.07, 6.45) is 8.61. The van der Waals surface area contributed by atoms with Gasteiger partial charge in [0.2, 0.25) is 17.8 Å². The Morgan fingerprint density at radius 2 is 2.00 bits per heavy atom. The quantitative estimate of drug-likeness (QED) is 0.531. The summed E-state index contributed by atoms with van der Waals surface area (Å²) in [6, 6.07) is 5.41. The van der Waals surface area contributed by atoms with Crippen molar-refractivity contribution in [3.05, 3.63) is 28.6 Å². The fourth-order valence-corrected chi connectivity index (χ4v) is 4.74. The molecule has 0 saturated heterocycles. The molecule has 9 nitrogen and oxygen atoms in total. The number of unbranched alkanes of at least 4 members (excludes halogenated alkanes) is 2. The molecule has 1 saturated carbocycles. The van der Waals surface area contributed by atoms with Gasteiger partial charge in [-0.3, -0.25) is 24.3 Å². The molecule has 0 bridgehead atoms. The normalized spacial score (nSPS) is 16.0. The van der Waals surface area contributed by atoms with E-state index >= 15 is 0 Å². The third-order valence-electron chi connectivity index (χ3n) is 6.46. The molecule has 2 heterocycles. The van der Waals surface area contributed by atoms with Crippen LogP contribution in [0.1, 0.15) is 57.8 Å². The largest absolute Gasteiger partial charge is 0.494 e. The van der Waals surface area contributed by atoms with Crippen molar-refractivity contribution in [2.24, 2.45) is 0 Å². The number of hydrogen-bond acceptors (Lipinski definition) is 6. The summed E-state index contributed by atoms with van der Waals surface area (Å²) in [4.78, 5) is 43.0. The Morgan fingerprint density at radius 3 is 2.79 bits per heavy atom. The smallest absolute Gasteiger partial charge is 0.263 e.